The fraction of sp³-hybridized carbons (Fsp3) is 0.667. The third kappa shape index (κ3) is 4.71. The SMILES string of the molecule is CCCNc1cncc(NC(C)CN2CCCC2)c1. The number of hydrogen-bond acceptors (Lipinski definition) is 4. The van der Waals surface area contributed by atoms with E-state index in [0.717, 1.165) is 30.9 Å². The molecule has 0 bridgehead atoms. The van der Waals surface area contributed by atoms with Gasteiger partial charge in [-0.3, -0.25) is 4.98 Å². The van der Waals surface area contributed by atoms with Gasteiger partial charge >= 0.3 is 0 Å². The number of likely N-dealkylation sites (tertiary alicyclic amines) is 1. The highest BCUT2D eigenvalue weighted by atomic mass is 15.2. The van der Waals surface area contributed by atoms with Crippen LogP contribution in [-0.2, 0) is 0 Å². The van der Waals surface area contributed by atoms with Gasteiger partial charge in [0.05, 0.1) is 23.8 Å². The van der Waals surface area contributed by atoms with Gasteiger partial charge in [-0.2, -0.15) is 0 Å². The molecule has 1 fully saturated rings. The lowest BCUT2D eigenvalue weighted by Crippen LogP contribution is -2.32. The Balaban J connectivity index is 1.83. The van der Waals surface area contributed by atoms with Crippen molar-refractivity contribution in [2.75, 3.05) is 36.8 Å². The Morgan fingerprint density at radius 1 is 1.26 bits per heavy atom. The lowest BCUT2D eigenvalue weighted by Gasteiger charge is -2.22. The van der Waals surface area contributed by atoms with E-state index < -0.39 is 0 Å². The number of nitrogens with zero attached hydrogens (tertiary/aromatic N) is 2. The van der Waals surface area contributed by atoms with Crippen LogP contribution in [0.1, 0.15) is 33.1 Å². The molecule has 1 aromatic rings. The summed E-state index contributed by atoms with van der Waals surface area (Å²) in [7, 11) is 0. The smallest absolute Gasteiger partial charge is 0.0549 e. The largest absolute Gasteiger partial charge is 0.384 e. The van der Waals surface area contributed by atoms with Crippen LogP contribution < -0.4 is 10.6 Å². The summed E-state index contributed by atoms with van der Waals surface area (Å²) in [5.74, 6) is 0. The van der Waals surface area contributed by atoms with Crippen molar-refractivity contribution in [2.45, 2.75) is 39.2 Å². The van der Waals surface area contributed by atoms with E-state index in [1.165, 1.54) is 25.9 Å². The highest BCUT2D eigenvalue weighted by Gasteiger charge is 2.14. The summed E-state index contributed by atoms with van der Waals surface area (Å²) >= 11 is 0. The molecule has 2 heterocycles. The fourth-order valence-electron chi connectivity index (χ4n) is 2.57. The topological polar surface area (TPSA) is 40.2 Å². The van der Waals surface area contributed by atoms with Crippen LogP contribution in [-0.4, -0.2) is 42.1 Å². The molecule has 0 aromatic carbocycles. The van der Waals surface area contributed by atoms with Crippen molar-refractivity contribution in [3.8, 4) is 0 Å². The van der Waals surface area contributed by atoms with Crippen LogP contribution in [0.15, 0.2) is 18.5 Å². The molecule has 2 N–H and O–H groups in total. The number of aromatic nitrogens is 1. The van der Waals surface area contributed by atoms with Crippen molar-refractivity contribution in [1.29, 1.82) is 0 Å². The average Bonchev–Trinajstić information content (AvgIpc) is 2.89. The second kappa shape index (κ2) is 7.34. The van der Waals surface area contributed by atoms with Crippen LogP contribution in [0.25, 0.3) is 0 Å². The zero-order valence-electron chi connectivity index (χ0n) is 12.2. The third-order valence-electron chi connectivity index (χ3n) is 3.46. The molecule has 4 heteroatoms. The average molecular weight is 262 g/mol. The summed E-state index contributed by atoms with van der Waals surface area (Å²) in [6, 6.07) is 2.60. The second-order valence-corrected chi connectivity index (χ2v) is 5.44. The summed E-state index contributed by atoms with van der Waals surface area (Å²) in [6.45, 7) is 9.02. The van der Waals surface area contributed by atoms with E-state index >= 15 is 0 Å². The predicted molar refractivity (Wildman–Crippen MR) is 81.8 cm³/mol. The monoisotopic (exact) mass is 262 g/mol. The van der Waals surface area contributed by atoms with Crippen LogP contribution in [0.2, 0.25) is 0 Å². The highest BCUT2D eigenvalue weighted by Crippen LogP contribution is 2.15. The molecule has 0 saturated carbocycles. The van der Waals surface area contributed by atoms with E-state index in [0.29, 0.717) is 6.04 Å². The first kappa shape index (κ1) is 14.1. The predicted octanol–water partition coefficient (Wildman–Crippen LogP) is 2.80. The first-order chi connectivity index (χ1) is 9.28. The van der Waals surface area contributed by atoms with Crippen molar-refractivity contribution in [3.63, 3.8) is 0 Å². The van der Waals surface area contributed by atoms with Gasteiger partial charge in [0, 0.05) is 19.1 Å². The molecule has 19 heavy (non-hydrogen) atoms. The fourth-order valence-corrected chi connectivity index (χ4v) is 2.57. The molecule has 0 amide bonds. The Morgan fingerprint density at radius 2 is 2.00 bits per heavy atom. The minimum Gasteiger partial charge on any atom is -0.384 e. The minimum atomic E-state index is 0.460. The molecule has 1 aliphatic heterocycles. The van der Waals surface area contributed by atoms with E-state index in [-0.39, 0.29) is 0 Å². The maximum Gasteiger partial charge on any atom is 0.0549 e. The first-order valence-electron chi connectivity index (χ1n) is 7.45. The highest BCUT2D eigenvalue weighted by molar-refractivity contribution is 5.54. The summed E-state index contributed by atoms with van der Waals surface area (Å²) in [4.78, 5) is 6.82. The zero-order chi connectivity index (χ0) is 13.5. The standard InChI is InChI=1S/C15H26N4/c1-3-6-17-14-9-15(11-16-10-14)18-13(2)12-19-7-4-5-8-19/h9-11,13,17-18H,3-8,12H2,1-2H3. The zero-order valence-corrected chi connectivity index (χ0v) is 12.2. The van der Waals surface area contributed by atoms with Crippen LogP contribution in [0, 0.1) is 0 Å². The molecular formula is C15H26N4. The Kier molecular flexibility index (Phi) is 5.45. The molecule has 1 unspecified atom stereocenters. The van der Waals surface area contributed by atoms with Crippen LogP contribution in [0.5, 0.6) is 0 Å². The van der Waals surface area contributed by atoms with Gasteiger partial charge in [-0.25, -0.2) is 0 Å². The molecular weight excluding hydrogens is 236 g/mol. The van der Waals surface area contributed by atoms with Crippen molar-refractivity contribution >= 4 is 11.4 Å². The summed E-state index contributed by atoms with van der Waals surface area (Å²) in [5.41, 5.74) is 2.20. The molecule has 1 atom stereocenters. The quantitative estimate of drug-likeness (QED) is 0.793. The van der Waals surface area contributed by atoms with E-state index in [4.69, 9.17) is 0 Å². The van der Waals surface area contributed by atoms with Gasteiger partial charge in [0.1, 0.15) is 0 Å². The number of rotatable bonds is 7. The lowest BCUT2D eigenvalue weighted by molar-refractivity contribution is 0.328. The maximum absolute atomic E-state index is 4.28. The normalized spacial score (nSPS) is 17.4. The summed E-state index contributed by atoms with van der Waals surface area (Å²) in [5, 5.41) is 6.91. The molecule has 106 valence electrons. The molecule has 0 aliphatic carbocycles. The van der Waals surface area contributed by atoms with Gasteiger partial charge in [0.25, 0.3) is 0 Å². The van der Waals surface area contributed by atoms with E-state index in [1.807, 2.05) is 12.4 Å². The van der Waals surface area contributed by atoms with Gasteiger partial charge in [0.15, 0.2) is 0 Å². The third-order valence-corrected chi connectivity index (χ3v) is 3.46. The minimum absolute atomic E-state index is 0.460. The van der Waals surface area contributed by atoms with Crippen LogP contribution in [0.4, 0.5) is 11.4 Å². The molecule has 2 rings (SSSR count). The van der Waals surface area contributed by atoms with E-state index in [1.54, 1.807) is 0 Å². The maximum atomic E-state index is 4.28. The Hall–Kier alpha value is -1.29. The van der Waals surface area contributed by atoms with Crippen LogP contribution in [0.3, 0.4) is 0 Å². The summed E-state index contributed by atoms with van der Waals surface area (Å²) in [6.07, 6.45) is 7.61. The van der Waals surface area contributed by atoms with Gasteiger partial charge in [-0.1, -0.05) is 6.92 Å². The molecule has 4 nitrogen and oxygen atoms in total. The second-order valence-electron chi connectivity index (χ2n) is 5.44. The van der Waals surface area contributed by atoms with Gasteiger partial charge in [-0.05, 0) is 45.3 Å². The molecule has 0 radical (unpaired) electrons. The van der Waals surface area contributed by atoms with Crippen molar-refractivity contribution in [3.05, 3.63) is 18.5 Å². The number of anilines is 2. The molecule has 1 aliphatic rings. The first-order valence-corrected chi connectivity index (χ1v) is 7.45. The van der Waals surface area contributed by atoms with E-state index in [9.17, 15) is 0 Å². The molecule has 0 spiro atoms. The van der Waals surface area contributed by atoms with Gasteiger partial charge < -0.3 is 15.5 Å². The Labute approximate surface area is 116 Å². The Bertz CT molecular complexity index is 374. The van der Waals surface area contributed by atoms with Crippen molar-refractivity contribution < 1.29 is 0 Å². The van der Waals surface area contributed by atoms with Crippen molar-refractivity contribution in [2.24, 2.45) is 0 Å². The van der Waals surface area contributed by atoms with Gasteiger partial charge in [-0.15, -0.1) is 0 Å². The number of hydrogen-bond donors (Lipinski definition) is 2. The number of pyridine rings is 1. The van der Waals surface area contributed by atoms with Crippen molar-refractivity contribution in [1.82, 2.24) is 9.88 Å². The van der Waals surface area contributed by atoms with Crippen LogP contribution >= 0.6 is 0 Å². The molecule has 1 saturated heterocycles. The number of nitrogens with one attached hydrogen (secondary N) is 2. The lowest BCUT2D eigenvalue weighted by atomic mass is 10.2. The Morgan fingerprint density at radius 3 is 2.74 bits per heavy atom. The van der Waals surface area contributed by atoms with E-state index in [2.05, 4.69) is 40.4 Å². The molecule has 1 aromatic heterocycles. The summed E-state index contributed by atoms with van der Waals surface area (Å²) < 4.78 is 0. The van der Waals surface area contributed by atoms with Gasteiger partial charge in [0.2, 0.25) is 0 Å².